The molecule has 0 saturated carbocycles. The number of sulfonamides is 1. The van der Waals surface area contributed by atoms with Gasteiger partial charge in [-0.15, -0.1) is 0 Å². The van der Waals surface area contributed by atoms with Crippen LogP contribution in [0.4, 0.5) is 0 Å². The van der Waals surface area contributed by atoms with Crippen molar-refractivity contribution in [1.82, 2.24) is 10.0 Å². The highest BCUT2D eigenvalue weighted by Gasteiger charge is 2.25. The molecule has 5 nitrogen and oxygen atoms in total. The molecule has 20 heavy (non-hydrogen) atoms. The first-order chi connectivity index (χ1) is 9.47. The second kappa shape index (κ2) is 6.98. The third kappa shape index (κ3) is 4.51. The van der Waals surface area contributed by atoms with Crippen molar-refractivity contribution in [2.24, 2.45) is 5.92 Å². The summed E-state index contributed by atoms with van der Waals surface area (Å²) in [5.74, 6) is 3.04. The van der Waals surface area contributed by atoms with E-state index in [-0.39, 0.29) is 11.1 Å². The molecule has 1 aromatic heterocycles. The topological polar surface area (TPSA) is 71.3 Å². The quantitative estimate of drug-likeness (QED) is 0.802. The van der Waals surface area contributed by atoms with E-state index in [9.17, 15) is 8.42 Å². The normalized spacial score (nSPS) is 19.9. The standard InChI is InChI=1S/C13H22N2O3S2/c1-10(2)7-14-8-12-3-4-13(18-12)20(16,17)15-11-5-6-19-9-11/h3-4,10-11,14-15H,5-9H2,1-2H3. The van der Waals surface area contributed by atoms with Crippen LogP contribution in [0.5, 0.6) is 0 Å². The summed E-state index contributed by atoms with van der Waals surface area (Å²) in [5, 5.41) is 3.24. The van der Waals surface area contributed by atoms with Crippen LogP contribution in [0.15, 0.2) is 21.6 Å². The minimum absolute atomic E-state index is 0.00995. The summed E-state index contributed by atoms with van der Waals surface area (Å²) >= 11 is 1.77. The van der Waals surface area contributed by atoms with Crippen LogP contribution >= 0.6 is 11.8 Å². The Kier molecular flexibility index (Phi) is 5.54. The first-order valence-corrected chi connectivity index (χ1v) is 9.50. The largest absolute Gasteiger partial charge is 0.447 e. The fraction of sp³-hybridized carbons (Fsp3) is 0.692. The summed E-state index contributed by atoms with van der Waals surface area (Å²) in [7, 11) is -3.52. The van der Waals surface area contributed by atoms with E-state index in [2.05, 4.69) is 23.9 Å². The first-order valence-electron chi connectivity index (χ1n) is 6.87. The van der Waals surface area contributed by atoms with E-state index in [0.29, 0.717) is 18.2 Å². The maximum atomic E-state index is 12.1. The molecule has 0 spiro atoms. The summed E-state index contributed by atoms with van der Waals surface area (Å²) < 4.78 is 32.4. The van der Waals surface area contributed by atoms with Crippen molar-refractivity contribution in [3.05, 3.63) is 17.9 Å². The zero-order valence-corrected chi connectivity index (χ0v) is 13.5. The van der Waals surface area contributed by atoms with Gasteiger partial charge in [0.25, 0.3) is 10.0 Å². The second-order valence-electron chi connectivity index (χ2n) is 5.43. The molecule has 1 atom stereocenters. The number of rotatable bonds is 7. The molecule has 0 aromatic carbocycles. The van der Waals surface area contributed by atoms with Crippen molar-refractivity contribution >= 4 is 21.8 Å². The summed E-state index contributed by atoms with van der Waals surface area (Å²) in [6.07, 6.45) is 0.882. The van der Waals surface area contributed by atoms with Crippen molar-refractivity contribution < 1.29 is 12.8 Å². The molecule has 1 aromatic rings. The molecule has 1 aliphatic heterocycles. The maximum absolute atomic E-state index is 12.1. The molecule has 2 heterocycles. The van der Waals surface area contributed by atoms with Gasteiger partial charge in [-0.2, -0.15) is 11.8 Å². The highest BCUT2D eigenvalue weighted by Crippen LogP contribution is 2.20. The molecule has 114 valence electrons. The highest BCUT2D eigenvalue weighted by molar-refractivity contribution is 7.99. The lowest BCUT2D eigenvalue weighted by molar-refractivity contribution is 0.393. The Bertz CT molecular complexity index is 519. The molecular weight excluding hydrogens is 296 g/mol. The molecule has 2 rings (SSSR count). The fourth-order valence-corrected chi connectivity index (χ4v) is 4.46. The van der Waals surface area contributed by atoms with Crippen LogP contribution in [0, 0.1) is 5.92 Å². The molecule has 1 aliphatic rings. The minimum atomic E-state index is -3.52. The molecule has 1 unspecified atom stereocenters. The van der Waals surface area contributed by atoms with Crippen molar-refractivity contribution in [1.29, 1.82) is 0 Å². The monoisotopic (exact) mass is 318 g/mol. The first kappa shape index (κ1) is 15.9. The number of thioether (sulfide) groups is 1. The van der Waals surface area contributed by atoms with E-state index in [1.54, 1.807) is 17.8 Å². The van der Waals surface area contributed by atoms with Gasteiger partial charge in [-0.3, -0.25) is 0 Å². The minimum Gasteiger partial charge on any atom is -0.447 e. The van der Waals surface area contributed by atoms with Gasteiger partial charge in [0.05, 0.1) is 6.54 Å². The molecule has 1 saturated heterocycles. The van der Waals surface area contributed by atoms with Gasteiger partial charge in [0.2, 0.25) is 5.09 Å². The van der Waals surface area contributed by atoms with Crippen molar-refractivity contribution in [2.75, 3.05) is 18.1 Å². The molecule has 7 heteroatoms. The SMILES string of the molecule is CC(C)CNCc1ccc(S(=O)(=O)NC2CCSC2)o1. The van der Waals surface area contributed by atoms with Crippen LogP contribution < -0.4 is 10.0 Å². The number of hydrogen-bond donors (Lipinski definition) is 2. The van der Waals surface area contributed by atoms with E-state index in [0.717, 1.165) is 24.5 Å². The van der Waals surface area contributed by atoms with Crippen LogP contribution in [0.2, 0.25) is 0 Å². The zero-order chi connectivity index (χ0) is 14.6. The fourth-order valence-electron chi connectivity index (χ4n) is 1.99. The predicted octanol–water partition coefficient (Wildman–Crippen LogP) is 1.81. The van der Waals surface area contributed by atoms with Gasteiger partial charge in [-0.1, -0.05) is 13.8 Å². The molecule has 0 bridgehead atoms. The molecule has 0 radical (unpaired) electrons. The van der Waals surface area contributed by atoms with Gasteiger partial charge < -0.3 is 9.73 Å². The van der Waals surface area contributed by atoms with Crippen molar-refractivity contribution in [2.45, 2.75) is 37.9 Å². The average molecular weight is 318 g/mol. The van der Waals surface area contributed by atoms with E-state index >= 15 is 0 Å². The van der Waals surface area contributed by atoms with Gasteiger partial charge in [-0.05, 0) is 36.8 Å². The number of nitrogens with one attached hydrogen (secondary N) is 2. The Morgan fingerprint density at radius 1 is 1.45 bits per heavy atom. The van der Waals surface area contributed by atoms with Crippen molar-refractivity contribution in [3.63, 3.8) is 0 Å². The van der Waals surface area contributed by atoms with Gasteiger partial charge in [-0.25, -0.2) is 13.1 Å². The lowest BCUT2D eigenvalue weighted by Crippen LogP contribution is -2.34. The Morgan fingerprint density at radius 3 is 2.90 bits per heavy atom. The average Bonchev–Trinajstić information content (AvgIpc) is 2.99. The van der Waals surface area contributed by atoms with Crippen LogP contribution in [-0.2, 0) is 16.6 Å². The van der Waals surface area contributed by atoms with E-state index in [4.69, 9.17) is 4.42 Å². The molecule has 0 aliphatic carbocycles. The Balaban J connectivity index is 1.92. The van der Waals surface area contributed by atoms with Gasteiger partial charge in [0, 0.05) is 11.8 Å². The van der Waals surface area contributed by atoms with E-state index < -0.39 is 10.0 Å². The van der Waals surface area contributed by atoms with Crippen LogP contribution in [0.3, 0.4) is 0 Å². The molecule has 0 amide bonds. The summed E-state index contributed by atoms with van der Waals surface area (Å²) in [6.45, 7) is 5.66. The van der Waals surface area contributed by atoms with Gasteiger partial charge >= 0.3 is 0 Å². The zero-order valence-electron chi connectivity index (χ0n) is 11.9. The van der Waals surface area contributed by atoms with Crippen LogP contribution in [0.1, 0.15) is 26.0 Å². The van der Waals surface area contributed by atoms with Crippen LogP contribution in [-0.4, -0.2) is 32.5 Å². The Hall–Kier alpha value is -0.500. The number of furan rings is 1. The lowest BCUT2D eigenvalue weighted by atomic mass is 10.2. The Labute approximate surface area is 124 Å². The third-order valence-corrected chi connectivity index (χ3v) is 5.56. The smallest absolute Gasteiger partial charge is 0.274 e. The van der Waals surface area contributed by atoms with E-state index in [1.807, 2.05) is 0 Å². The molecular formula is C13H22N2O3S2. The highest BCUT2D eigenvalue weighted by atomic mass is 32.2. The summed E-state index contributed by atoms with van der Waals surface area (Å²) in [4.78, 5) is 0. The van der Waals surface area contributed by atoms with Gasteiger partial charge in [0.1, 0.15) is 5.76 Å². The van der Waals surface area contributed by atoms with E-state index in [1.165, 1.54) is 6.07 Å². The van der Waals surface area contributed by atoms with Crippen molar-refractivity contribution in [3.8, 4) is 0 Å². The predicted molar refractivity (Wildman–Crippen MR) is 81.3 cm³/mol. The lowest BCUT2D eigenvalue weighted by Gasteiger charge is -2.09. The molecule has 1 fully saturated rings. The summed E-state index contributed by atoms with van der Waals surface area (Å²) in [5.41, 5.74) is 0. The summed E-state index contributed by atoms with van der Waals surface area (Å²) in [6, 6.07) is 3.26. The number of hydrogen-bond acceptors (Lipinski definition) is 5. The van der Waals surface area contributed by atoms with Gasteiger partial charge in [0.15, 0.2) is 0 Å². The van der Waals surface area contributed by atoms with Crippen LogP contribution in [0.25, 0.3) is 0 Å². The second-order valence-corrected chi connectivity index (χ2v) is 8.22. The maximum Gasteiger partial charge on any atom is 0.274 e. The Morgan fingerprint density at radius 2 is 2.25 bits per heavy atom. The third-order valence-electron chi connectivity index (χ3n) is 3.01. The molecule has 2 N–H and O–H groups in total.